The standard InChI is InChI=1S/C26H31N2O4/c1-28(17-8-13-23-16-20-31-27-23)18-14-24(15-19-28)32-25(29)26(30,21-9-4-2-5-10-21)22-11-6-3-7-12-22/h2-7,9-12,16,20,24,30H,8,13-15,17-19H2,1H3/q+1. The number of piperidine rings is 1. The molecule has 0 atom stereocenters. The number of aromatic nitrogens is 1. The van der Waals surface area contributed by atoms with E-state index >= 15 is 0 Å². The number of aryl methyl sites for hydroxylation is 1. The van der Waals surface area contributed by atoms with Crippen molar-refractivity contribution in [3.05, 3.63) is 89.8 Å². The van der Waals surface area contributed by atoms with Gasteiger partial charge in [0.1, 0.15) is 12.4 Å². The summed E-state index contributed by atoms with van der Waals surface area (Å²) in [5, 5.41) is 15.5. The molecule has 1 aromatic heterocycles. The summed E-state index contributed by atoms with van der Waals surface area (Å²) in [5.74, 6) is -0.609. The second-order valence-corrected chi connectivity index (χ2v) is 8.93. The molecule has 2 heterocycles. The Morgan fingerprint density at radius 2 is 1.66 bits per heavy atom. The Morgan fingerprint density at radius 1 is 1.06 bits per heavy atom. The minimum absolute atomic E-state index is 0.191. The molecule has 168 valence electrons. The third-order valence-corrected chi connectivity index (χ3v) is 6.56. The van der Waals surface area contributed by atoms with Crippen LogP contribution in [0.4, 0.5) is 0 Å². The normalized spacial score (nSPS) is 21.2. The Hall–Kier alpha value is -2.96. The summed E-state index contributed by atoms with van der Waals surface area (Å²) < 4.78 is 11.8. The van der Waals surface area contributed by atoms with Crippen molar-refractivity contribution in [2.45, 2.75) is 37.4 Å². The molecule has 1 N–H and O–H groups in total. The molecule has 0 spiro atoms. The summed E-state index contributed by atoms with van der Waals surface area (Å²) in [7, 11) is 2.26. The van der Waals surface area contributed by atoms with E-state index in [2.05, 4.69) is 12.2 Å². The predicted molar refractivity (Wildman–Crippen MR) is 121 cm³/mol. The Bertz CT molecular complexity index is 942. The van der Waals surface area contributed by atoms with Gasteiger partial charge in [0.05, 0.1) is 32.4 Å². The van der Waals surface area contributed by atoms with Crippen LogP contribution in [0.5, 0.6) is 0 Å². The van der Waals surface area contributed by atoms with Gasteiger partial charge < -0.3 is 18.8 Å². The van der Waals surface area contributed by atoms with Crippen LogP contribution in [-0.4, -0.2) is 53.5 Å². The first-order valence-corrected chi connectivity index (χ1v) is 11.3. The molecule has 6 heteroatoms. The molecule has 0 aliphatic carbocycles. The van der Waals surface area contributed by atoms with Gasteiger partial charge >= 0.3 is 5.97 Å². The Labute approximate surface area is 189 Å². The van der Waals surface area contributed by atoms with Crippen molar-refractivity contribution >= 4 is 5.97 Å². The van der Waals surface area contributed by atoms with Gasteiger partial charge in [-0.1, -0.05) is 65.8 Å². The maximum Gasteiger partial charge on any atom is 0.347 e. The van der Waals surface area contributed by atoms with E-state index in [4.69, 9.17) is 9.26 Å². The fourth-order valence-corrected chi connectivity index (χ4v) is 4.52. The number of nitrogens with zero attached hydrogens (tertiary/aromatic N) is 2. The summed E-state index contributed by atoms with van der Waals surface area (Å²) in [6, 6.07) is 20.0. The lowest BCUT2D eigenvalue weighted by Gasteiger charge is -2.41. The highest BCUT2D eigenvalue weighted by Gasteiger charge is 2.43. The molecule has 0 saturated carbocycles. The van der Waals surface area contributed by atoms with Gasteiger partial charge in [0.25, 0.3) is 0 Å². The number of benzene rings is 2. The summed E-state index contributed by atoms with van der Waals surface area (Å²) >= 11 is 0. The number of aliphatic hydroxyl groups is 1. The van der Waals surface area contributed by atoms with E-state index in [1.165, 1.54) is 0 Å². The van der Waals surface area contributed by atoms with Gasteiger partial charge in [-0.2, -0.15) is 0 Å². The van der Waals surface area contributed by atoms with Crippen LogP contribution in [0.3, 0.4) is 0 Å². The molecular formula is C26H31N2O4+. The minimum atomic E-state index is -1.82. The molecule has 3 aromatic rings. The predicted octanol–water partition coefficient (Wildman–Crippen LogP) is 3.70. The number of carbonyl (C=O) groups is 1. The van der Waals surface area contributed by atoms with E-state index in [0.717, 1.165) is 55.5 Å². The third kappa shape index (κ3) is 4.92. The molecule has 1 saturated heterocycles. The Balaban J connectivity index is 1.38. The highest BCUT2D eigenvalue weighted by Crippen LogP contribution is 2.32. The number of esters is 1. The number of quaternary nitrogens is 1. The van der Waals surface area contributed by atoms with Gasteiger partial charge in [0.2, 0.25) is 5.60 Å². The molecule has 4 rings (SSSR count). The van der Waals surface area contributed by atoms with Crippen LogP contribution < -0.4 is 0 Å². The lowest BCUT2D eigenvalue weighted by Crippen LogP contribution is -2.52. The Morgan fingerprint density at radius 3 is 2.19 bits per heavy atom. The zero-order valence-corrected chi connectivity index (χ0v) is 18.5. The molecule has 6 nitrogen and oxygen atoms in total. The molecule has 0 unspecified atom stereocenters. The fourth-order valence-electron chi connectivity index (χ4n) is 4.52. The van der Waals surface area contributed by atoms with Crippen LogP contribution in [0.2, 0.25) is 0 Å². The highest BCUT2D eigenvalue weighted by molar-refractivity contribution is 5.85. The zero-order valence-electron chi connectivity index (χ0n) is 18.5. The quantitative estimate of drug-likeness (QED) is 0.432. The molecule has 0 radical (unpaired) electrons. The van der Waals surface area contributed by atoms with Gasteiger partial charge in [0.15, 0.2) is 0 Å². The van der Waals surface area contributed by atoms with Crippen molar-refractivity contribution in [3.63, 3.8) is 0 Å². The summed E-state index contributed by atoms with van der Waals surface area (Å²) in [6.07, 6.45) is 4.93. The van der Waals surface area contributed by atoms with Gasteiger partial charge in [-0.05, 0) is 17.5 Å². The molecule has 1 aliphatic heterocycles. The van der Waals surface area contributed by atoms with E-state index in [1.807, 2.05) is 42.5 Å². The van der Waals surface area contributed by atoms with Gasteiger partial charge in [0, 0.05) is 25.3 Å². The first-order chi connectivity index (χ1) is 15.5. The van der Waals surface area contributed by atoms with Crippen molar-refractivity contribution in [1.29, 1.82) is 0 Å². The lowest BCUT2D eigenvalue weighted by atomic mass is 9.86. The average Bonchev–Trinajstić information content (AvgIpc) is 3.35. The monoisotopic (exact) mass is 435 g/mol. The van der Waals surface area contributed by atoms with Gasteiger partial charge in [-0.25, -0.2) is 4.79 Å². The molecule has 1 aliphatic rings. The van der Waals surface area contributed by atoms with E-state index in [1.54, 1.807) is 30.5 Å². The highest BCUT2D eigenvalue weighted by atomic mass is 16.6. The van der Waals surface area contributed by atoms with Gasteiger partial charge in [-0.3, -0.25) is 0 Å². The summed E-state index contributed by atoms with van der Waals surface area (Å²) in [4.78, 5) is 13.3. The van der Waals surface area contributed by atoms with Crippen molar-refractivity contribution < 1.29 is 23.6 Å². The minimum Gasteiger partial charge on any atom is -0.459 e. The smallest absolute Gasteiger partial charge is 0.347 e. The number of ether oxygens (including phenoxy) is 1. The van der Waals surface area contributed by atoms with Crippen LogP contribution in [0.15, 0.2) is 77.5 Å². The van der Waals surface area contributed by atoms with Gasteiger partial charge in [-0.15, -0.1) is 0 Å². The SMILES string of the molecule is C[N+]1(CCCc2ccon2)CCC(OC(=O)C(O)(c2ccccc2)c2ccccc2)CC1. The number of rotatable bonds is 8. The molecule has 2 aromatic carbocycles. The van der Waals surface area contributed by atoms with E-state index in [-0.39, 0.29) is 6.10 Å². The maximum atomic E-state index is 13.3. The number of hydrogen-bond acceptors (Lipinski definition) is 5. The topological polar surface area (TPSA) is 72.6 Å². The molecular weight excluding hydrogens is 404 g/mol. The lowest BCUT2D eigenvalue weighted by molar-refractivity contribution is -0.915. The Kier molecular flexibility index (Phi) is 6.72. The third-order valence-electron chi connectivity index (χ3n) is 6.56. The first kappa shape index (κ1) is 22.2. The van der Waals surface area contributed by atoms with Crippen molar-refractivity contribution in [1.82, 2.24) is 5.16 Å². The summed E-state index contributed by atoms with van der Waals surface area (Å²) in [6.45, 7) is 2.92. The van der Waals surface area contributed by atoms with Crippen LogP contribution in [-0.2, 0) is 21.6 Å². The fraction of sp³-hybridized carbons (Fsp3) is 0.385. The average molecular weight is 436 g/mol. The zero-order chi connectivity index (χ0) is 22.4. The van der Waals surface area contributed by atoms with Crippen LogP contribution >= 0.6 is 0 Å². The van der Waals surface area contributed by atoms with Crippen LogP contribution in [0.1, 0.15) is 36.1 Å². The maximum absolute atomic E-state index is 13.3. The van der Waals surface area contributed by atoms with Crippen LogP contribution in [0, 0.1) is 0 Å². The number of hydrogen-bond donors (Lipinski definition) is 1. The first-order valence-electron chi connectivity index (χ1n) is 11.3. The van der Waals surface area contributed by atoms with Crippen molar-refractivity contribution in [2.75, 3.05) is 26.7 Å². The molecule has 1 fully saturated rings. The van der Waals surface area contributed by atoms with Crippen LogP contribution in [0.25, 0.3) is 0 Å². The summed E-state index contributed by atoms with van der Waals surface area (Å²) in [5.41, 5.74) is 0.193. The second kappa shape index (κ2) is 9.67. The largest absolute Gasteiger partial charge is 0.459 e. The van der Waals surface area contributed by atoms with E-state index in [9.17, 15) is 9.90 Å². The van der Waals surface area contributed by atoms with E-state index < -0.39 is 11.6 Å². The second-order valence-electron chi connectivity index (χ2n) is 8.93. The number of carbonyl (C=O) groups excluding carboxylic acids is 1. The van der Waals surface area contributed by atoms with Crippen molar-refractivity contribution in [2.24, 2.45) is 0 Å². The van der Waals surface area contributed by atoms with Crippen molar-refractivity contribution in [3.8, 4) is 0 Å². The molecule has 0 amide bonds. The molecule has 0 bridgehead atoms. The molecule has 32 heavy (non-hydrogen) atoms. The van der Waals surface area contributed by atoms with E-state index in [0.29, 0.717) is 11.1 Å². The number of likely N-dealkylation sites (tertiary alicyclic amines) is 1.